The van der Waals surface area contributed by atoms with Crippen molar-refractivity contribution < 1.29 is 149 Å². The number of phosphoric ester groups is 3. The summed E-state index contributed by atoms with van der Waals surface area (Å²) in [7, 11) is -14.5. The van der Waals surface area contributed by atoms with Gasteiger partial charge in [0.15, 0.2) is 39.2 Å². The van der Waals surface area contributed by atoms with Gasteiger partial charge in [0.05, 0.1) is 91.5 Å². The van der Waals surface area contributed by atoms with Gasteiger partial charge >= 0.3 is 23.5 Å². The number of aliphatic hydroxyl groups is 9. The molecule has 18 atom stereocenters. The van der Waals surface area contributed by atoms with E-state index in [1.165, 1.54) is 13.8 Å². The Hall–Kier alpha value is -0.920. The molecule has 3 heterocycles. The van der Waals surface area contributed by atoms with Crippen molar-refractivity contribution in [3.05, 3.63) is 0 Å². The average molecular weight is 1200 g/mol. The highest BCUT2D eigenvalue weighted by atomic mass is 31.2. The van der Waals surface area contributed by atoms with Gasteiger partial charge in [-0.25, -0.2) is 13.7 Å². The Balaban J connectivity index is 0. The topological polar surface area (TPSA) is 462 Å². The highest BCUT2D eigenvalue weighted by molar-refractivity contribution is 7.47. The molecule has 77 heavy (non-hydrogen) atoms. The zero-order valence-electron chi connectivity index (χ0n) is 40.8. The smallest absolute Gasteiger partial charge is 0.394 e. The molecule has 1 amide bonds. The first-order chi connectivity index (χ1) is 34.2. The number of phosphoric acid groups is 3. The molecule has 3 rings (SSSR count). The van der Waals surface area contributed by atoms with Crippen LogP contribution in [0.25, 0.3) is 0 Å². The van der Waals surface area contributed by atoms with Crippen LogP contribution in [0.15, 0.2) is 0 Å². The Labute approximate surface area is 449 Å². The number of carbonyl (C=O) groups is 1. The van der Waals surface area contributed by atoms with Crippen LogP contribution < -0.4 is 5.32 Å². The second kappa shape index (κ2) is 37.3. The molecule has 0 aromatic rings. The van der Waals surface area contributed by atoms with Gasteiger partial charge in [-0.3, -0.25) is 31.9 Å². The minimum atomic E-state index is -4.89. The van der Waals surface area contributed by atoms with Gasteiger partial charge in [-0.1, -0.05) is 57.4 Å². The molecule has 3 saturated heterocycles. The third-order valence-corrected chi connectivity index (χ3v) is 14.6. The second-order valence-corrected chi connectivity index (χ2v) is 21.7. The number of amides is 1. The van der Waals surface area contributed by atoms with E-state index in [0.717, 1.165) is 6.92 Å². The van der Waals surface area contributed by atoms with Crippen molar-refractivity contribution in [1.82, 2.24) is 5.32 Å². The Kier molecular flexibility index (Phi) is 37.9. The third-order valence-electron chi connectivity index (χ3n) is 11.8. The predicted molar refractivity (Wildman–Crippen MR) is 264 cm³/mol. The molecule has 0 aliphatic carbocycles. The van der Waals surface area contributed by atoms with E-state index in [4.69, 9.17) is 69.8 Å². The number of hydrogen-bond acceptors (Lipinski definition) is 28. The molecule has 464 valence electrons. The van der Waals surface area contributed by atoms with Gasteiger partial charge in [-0.2, -0.15) is 0 Å². The van der Waals surface area contributed by atoms with Crippen molar-refractivity contribution >= 4 is 29.4 Å². The van der Waals surface area contributed by atoms with Gasteiger partial charge in [0.1, 0.15) is 48.8 Å². The van der Waals surface area contributed by atoms with Crippen LogP contribution in [0.5, 0.6) is 0 Å². The summed E-state index contributed by atoms with van der Waals surface area (Å²) in [5.74, 6) is -2.62. The second-order valence-electron chi connectivity index (χ2n) is 17.4. The van der Waals surface area contributed by atoms with E-state index in [1.54, 1.807) is 13.8 Å². The van der Waals surface area contributed by atoms with Gasteiger partial charge < -0.3 is 109 Å². The van der Waals surface area contributed by atoms with E-state index in [-0.39, 0.29) is 42.9 Å². The lowest BCUT2D eigenvalue weighted by Gasteiger charge is -2.42. The highest BCUT2D eigenvalue weighted by Crippen LogP contribution is 2.45. The van der Waals surface area contributed by atoms with E-state index in [0.29, 0.717) is 0 Å². The summed E-state index contributed by atoms with van der Waals surface area (Å²) in [6, 6.07) is -1.29. The SMILES string of the molecule is C.C.C.C.CC(=O)NC1[C@H](OCCOP(=O)(O)OCOCC(COCOP(=O)(O)OCCO[C@@H]2OC(CO)[C@H](O)[C@H](O)C2C)(COCOP(=O)(O)OCCO[C@@H]2OC(CO)[C@H](O)[C@H](O)C2C)C(C)C)OC(CO)[C@H](O)[C@@H]1O. The molecular formula is C42H90NO31P3. The summed E-state index contributed by atoms with van der Waals surface area (Å²) in [6.45, 7) is -1.28. The lowest BCUT2D eigenvalue weighted by Crippen LogP contribution is -2.64. The van der Waals surface area contributed by atoms with E-state index in [9.17, 15) is 79.1 Å². The van der Waals surface area contributed by atoms with Gasteiger partial charge in [0.25, 0.3) is 0 Å². The normalized spacial score (nSPS) is 32.6. The molecular weight excluding hydrogens is 1110 g/mol. The van der Waals surface area contributed by atoms with Gasteiger partial charge in [0.2, 0.25) is 5.91 Å². The molecule has 3 aliphatic rings. The van der Waals surface area contributed by atoms with E-state index in [2.05, 4.69) is 5.32 Å². The van der Waals surface area contributed by atoms with Crippen LogP contribution in [0.1, 0.15) is 64.3 Å². The maximum atomic E-state index is 12.7. The molecule has 3 aliphatic heterocycles. The van der Waals surface area contributed by atoms with Crippen molar-refractivity contribution in [1.29, 1.82) is 0 Å². The zero-order valence-corrected chi connectivity index (χ0v) is 43.5. The highest BCUT2D eigenvalue weighted by Gasteiger charge is 2.47. The summed E-state index contributed by atoms with van der Waals surface area (Å²) in [4.78, 5) is 42.5. The first-order valence-corrected chi connectivity index (χ1v) is 27.3. The van der Waals surface area contributed by atoms with Gasteiger partial charge in [-0.05, 0) is 5.92 Å². The van der Waals surface area contributed by atoms with Crippen LogP contribution in [0.2, 0.25) is 0 Å². The monoisotopic (exact) mass is 1200 g/mol. The van der Waals surface area contributed by atoms with Crippen LogP contribution >= 0.6 is 23.5 Å². The predicted octanol–water partition coefficient (Wildman–Crippen LogP) is -1.36. The summed E-state index contributed by atoms with van der Waals surface area (Å²) in [5.41, 5.74) is -1.33. The van der Waals surface area contributed by atoms with Gasteiger partial charge in [0, 0.05) is 24.2 Å². The van der Waals surface area contributed by atoms with E-state index < -0.39 is 219 Å². The van der Waals surface area contributed by atoms with Crippen molar-refractivity contribution in [3.63, 3.8) is 0 Å². The lowest BCUT2D eigenvalue weighted by molar-refractivity contribution is -0.283. The minimum absolute atomic E-state index is 0. The molecule has 0 spiro atoms. The molecule has 35 heteroatoms. The van der Waals surface area contributed by atoms with E-state index in [1.807, 2.05) is 0 Å². The quantitative estimate of drug-likeness (QED) is 0.0198. The number of rotatable bonds is 35. The third kappa shape index (κ3) is 25.2. The Morgan fingerprint density at radius 2 is 0.805 bits per heavy atom. The van der Waals surface area contributed by atoms with Crippen molar-refractivity contribution in [2.24, 2.45) is 23.2 Å². The standard InChI is InChI=1S/C38H74NO31P3.4CH4/c1-21(2)38(15-56-18-65-71(50,51)62-9-6-59-35-22(3)29(44)31(46)25(12-40)68-35,16-57-19-66-72(52,53)63-10-7-60-36-23(4)30(45)32(47)26(13-41)69-36)17-58-20-67-73(54,55)64-11-8-61-37-28(39-24(5)43)34(49)33(48)27(14-42)70-37;;;;/h21-23,25-37,40-42,44-49H,6-20H2,1-5H3,(H,39,43)(H,50,51)(H,52,53)(H,54,55);4*1H4/t22?,23?,25?,26?,27?,28?,29-,30-,31+,32+,33+,34-,35-,36-,37-,38?;;;;/m1..../s1. The number of hydrogen-bond donors (Lipinski definition) is 13. The first-order valence-electron chi connectivity index (χ1n) is 22.8. The summed E-state index contributed by atoms with van der Waals surface area (Å²) < 4.78 is 117. The summed E-state index contributed by atoms with van der Waals surface area (Å²) in [6.07, 6.45) is -15.7. The number of aliphatic hydroxyl groups excluding tert-OH is 9. The fraction of sp³-hybridized carbons (Fsp3) is 0.976. The maximum Gasteiger partial charge on any atom is 0.474 e. The van der Waals surface area contributed by atoms with Crippen molar-refractivity contribution in [3.8, 4) is 0 Å². The summed E-state index contributed by atoms with van der Waals surface area (Å²) in [5, 5.41) is 91.7. The molecule has 0 saturated carbocycles. The number of carbonyl (C=O) groups excluding carboxylic acids is 1. The molecule has 0 aromatic carbocycles. The fourth-order valence-corrected chi connectivity index (χ4v) is 8.93. The number of nitrogens with one attached hydrogen (secondary N) is 1. The lowest BCUT2D eigenvalue weighted by atomic mass is 9.79. The van der Waals surface area contributed by atoms with E-state index >= 15 is 0 Å². The van der Waals surface area contributed by atoms with Crippen LogP contribution in [0, 0.1) is 23.2 Å². The van der Waals surface area contributed by atoms with Gasteiger partial charge in [-0.15, -0.1) is 0 Å². The minimum Gasteiger partial charge on any atom is -0.394 e. The molecule has 13 N–H and O–H groups in total. The molecule has 3 fully saturated rings. The van der Waals surface area contributed by atoms with Crippen LogP contribution in [0.4, 0.5) is 0 Å². The first kappa shape index (κ1) is 78.1. The Morgan fingerprint density at radius 3 is 1.10 bits per heavy atom. The Morgan fingerprint density at radius 1 is 0.506 bits per heavy atom. The van der Waals surface area contributed by atoms with Crippen molar-refractivity contribution in [2.45, 2.75) is 144 Å². The molecule has 0 radical (unpaired) electrons. The largest absolute Gasteiger partial charge is 0.474 e. The van der Waals surface area contributed by atoms with Crippen LogP contribution in [0.3, 0.4) is 0 Å². The van der Waals surface area contributed by atoms with Crippen LogP contribution in [-0.4, -0.2) is 246 Å². The summed E-state index contributed by atoms with van der Waals surface area (Å²) >= 11 is 0. The fourth-order valence-electron chi connectivity index (χ4n) is 7.17. The molecule has 32 nitrogen and oxygen atoms in total. The number of ether oxygens (including phenoxy) is 9. The zero-order chi connectivity index (χ0) is 54.7. The molecule has 9 unspecified atom stereocenters. The van der Waals surface area contributed by atoms with Crippen molar-refractivity contribution in [2.75, 3.05) is 99.7 Å². The molecule has 0 aromatic heterocycles. The molecule has 0 bridgehead atoms. The average Bonchev–Trinajstić information content (AvgIpc) is 3.33. The maximum absolute atomic E-state index is 12.7. The van der Waals surface area contributed by atoms with Crippen LogP contribution in [-0.2, 0) is 88.3 Å². The Bertz CT molecular complexity index is 1670.